The van der Waals surface area contributed by atoms with Gasteiger partial charge in [0.15, 0.2) is 0 Å². The molecule has 2 N–H and O–H groups in total. The van der Waals surface area contributed by atoms with E-state index in [1.165, 1.54) is 5.56 Å². The third-order valence-electron chi connectivity index (χ3n) is 4.84. The van der Waals surface area contributed by atoms with Crippen LogP contribution >= 0.6 is 0 Å². The zero-order chi connectivity index (χ0) is 15.2. The molecule has 21 heavy (non-hydrogen) atoms. The average molecular weight is 288 g/mol. The van der Waals surface area contributed by atoms with E-state index in [1.807, 2.05) is 6.07 Å². The summed E-state index contributed by atoms with van der Waals surface area (Å²) in [6.07, 6.45) is 3.10. The zero-order valence-electron chi connectivity index (χ0n) is 13.4. The summed E-state index contributed by atoms with van der Waals surface area (Å²) < 4.78 is 0. The Morgan fingerprint density at radius 1 is 1.29 bits per heavy atom. The molecule has 1 aromatic rings. The third kappa shape index (κ3) is 3.85. The Morgan fingerprint density at radius 2 is 1.95 bits per heavy atom. The van der Waals surface area contributed by atoms with Gasteiger partial charge in [0.25, 0.3) is 0 Å². The molecule has 3 atom stereocenters. The molecule has 0 bridgehead atoms. The molecule has 1 amide bonds. The molecule has 0 aliphatic carbocycles. The summed E-state index contributed by atoms with van der Waals surface area (Å²) in [5, 5.41) is 6.69. The Hall–Kier alpha value is -1.35. The molecule has 3 heteroatoms. The zero-order valence-corrected chi connectivity index (χ0v) is 13.4. The fourth-order valence-electron chi connectivity index (χ4n) is 3.37. The van der Waals surface area contributed by atoms with E-state index >= 15 is 0 Å². The van der Waals surface area contributed by atoms with E-state index < -0.39 is 0 Å². The standard InChI is InChI=1S/C18H28N2O/c1-4-14(5-2)17(15-9-7-6-8-10-15)20-18(21)16-11-12-19-13(16)3/h6-10,13-14,16-17,19H,4-5,11-12H2,1-3H3,(H,20,21). The normalized spacial score (nSPS) is 23.2. The van der Waals surface area contributed by atoms with Crippen molar-refractivity contribution < 1.29 is 4.79 Å². The second-order valence-corrected chi connectivity index (χ2v) is 6.11. The van der Waals surface area contributed by atoms with Crippen LogP contribution in [0, 0.1) is 11.8 Å². The Morgan fingerprint density at radius 3 is 2.48 bits per heavy atom. The Kier molecular flexibility index (Phi) is 5.80. The molecule has 116 valence electrons. The van der Waals surface area contributed by atoms with Crippen molar-refractivity contribution in [2.24, 2.45) is 11.8 Å². The molecule has 0 spiro atoms. The van der Waals surface area contributed by atoms with E-state index in [1.54, 1.807) is 0 Å². The van der Waals surface area contributed by atoms with Gasteiger partial charge in [-0.3, -0.25) is 4.79 Å². The van der Waals surface area contributed by atoms with Gasteiger partial charge in [0.1, 0.15) is 0 Å². The highest BCUT2D eigenvalue weighted by Gasteiger charge is 2.32. The minimum Gasteiger partial charge on any atom is -0.349 e. The van der Waals surface area contributed by atoms with Crippen molar-refractivity contribution >= 4 is 5.91 Å². The first-order valence-corrected chi connectivity index (χ1v) is 8.26. The molecule has 1 aliphatic heterocycles. The van der Waals surface area contributed by atoms with Crippen LogP contribution in [-0.2, 0) is 4.79 Å². The van der Waals surface area contributed by atoms with Gasteiger partial charge in [-0.15, -0.1) is 0 Å². The van der Waals surface area contributed by atoms with Gasteiger partial charge >= 0.3 is 0 Å². The number of amides is 1. The van der Waals surface area contributed by atoms with Crippen LogP contribution in [0.1, 0.15) is 51.6 Å². The first kappa shape index (κ1) is 16.0. The van der Waals surface area contributed by atoms with Crippen molar-refractivity contribution in [3.05, 3.63) is 35.9 Å². The van der Waals surface area contributed by atoms with Crippen LogP contribution in [0.3, 0.4) is 0 Å². The summed E-state index contributed by atoms with van der Waals surface area (Å²) >= 11 is 0. The number of hydrogen-bond acceptors (Lipinski definition) is 2. The van der Waals surface area contributed by atoms with Crippen LogP contribution in [0.2, 0.25) is 0 Å². The van der Waals surface area contributed by atoms with Gasteiger partial charge < -0.3 is 10.6 Å². The molecule has 1 fully saturated rings. The molecule has 1 aliphatic rings. The fourth-order valence-corrected chi connectivity index (χ4v) is 3.37. The van der Waals surface area contributed by atoms with Crippen LogP contribution < -0.4 is 10.6 Å². The Balaban J connectivity index is 2.14. The lowest BCUT2D eigenvalue weighted by Gasteiger charge is -2.29. The van der Waals surface area contributed by atoms with Crippen LogP contribution in [-0.4, -0.2) is 18.5 Å². The fraction of sp³-hybridized carbons (Fsp3) is 0.611. The van der Waals surface area contributed by atoms with Crippen molar-refractivity contribution in [1.82, 2.24) is 10.6 Å². The maximum absolute atomic E-state index is 12.6. The van der Waals surface area contributed by atoms with Crippen LogP contribution in [0.15, 0.2) is 30.3 Å². The number of hydrogen-bond donors (Lipinski definition) is 2. The molecule has 0 saturated carbocycles. The van der Waals surface area contributed by atoms with Crippen molar-refractivity contribution in [1.29, 1.82) is 0 Å². The van der Waals surface area contributed by atoms with Crippen molar-refractivity contribution in [2.45, 2.75) is 52.1 Å². The van der Waals surface area contributed by atoms with Gasteiger partial charge in [-0.1, -0.05) is 57.0 Å². The van der Waals surface area contributed by atoms with Crippen molar-refractivity contribution in [3.63, 3.8) is 0 Å². The summed E-state index contributed by atoms with van der Waals surface area (Å²) in [6, 6.07) is 10.8. The van der Waals surface area contributed by atoms with E-state index in [2.05, 4.69) is 55.7 Å². The average Bonchev–Trinajstić information content (AvgIpc) is 2.94. The summed E-state index contributed by atoms with van der Waals surface area (Å²) in [7, 11) is 0. The van der Waals surface area contributed by atoms with Gasteiger partial charge in [-0.05, 0) is 31.4 Å². The third-order valence-corrected chi connectivity index (χ3v) is 4.84. The molecule has 0 aromatic heterocycles. The van der Waals surface area contributed by atoms with Gasteiger partial charge in [-0.25, -0.2) is 0 Å². The number of benzene rings is 1. The van der Waals surface area contributed by atoms with E-state index in [-0.39, 0.29) is 23.9 Å². The minimum atomic E-state index is 0.102. The van der Waals surface area contributed by atoms with E-state index in [9.17, 15) is 4.79 Å². The van der Waals surface area contributed by atoms with Crippen LogP contribution in [0.5, 0.6) is 0 Å². The number of nitrogens with one attached hydrogen (secondary N) is 2. The summed E-state index contributed by atoms with van der Waals surface area (Å²) in [5.74, 6) is 0.792. The molecule has 2 rings (SSSR count). The molecule has 0 radical (unpaired) electrons. The second kappa shape index (κ2) is 7.60. The molecule has 1 heterocycles. The first-order valence-electron chi connectivity index (χ1n) is 8.26. The molecule has 1 aromatic carbocycles. The monoisotopic (exact) mass is 288 g/mol. The van der Waals surface area contributed by atoms with Gasteiger partial charge in [0.05, 0.1) is 12.0 Å². The largest absolute Gasteiger partial charge is 0.349 e. The van der Waals surface area contributed by atoms with Crippen LogP contribution in [0.25, 0.3) is 0 Å². The van der Waals surface area contributed by atoms with Gasteiger partial charge in [0.2, 0.25) is 5.91 Å². The predicted molar refractivity (Wildman–Crippen MR) is 87.0 cm³/mol. The first-order chi connectivity index (χ1) is 10.2. The Bertz CT molecular complexity index is 442. The summed E-state index contributed by atoms with van der Waals surface area (Å²) in [5.41, 5.74) is 1.22. The lowest BCUT2D eigenvalue weighted by atomic mass is 9.88. The summed E-state index contributed by atoms with van der Waals surface area (Å²) in [6.45, 7) is 7.46. The maximum atomic E-state index is 12.6. The highest BCUT2D eigenvalue weighted by molar-refractivity contribution is 5.80. The lowest BCUT2D eigenvalue weighted by Crippen LogP contribution is -2.40. The number of carbonyl (C=O) groups is 1. The Labute approximate surface area is 128 Å². The minimum absolute atomic E-state index is 0.102. The number of carbonyl (C=O) groups excluding carboxylic acids is 1. The van der Waals surface area contributed by atoms with Crippen molar-refractivity contribution in [2.75, 3.05) is 6.54 Å². The highest BCUT2D eigenvalue weighted by atomic mass is 16.2. The smallest absolute Gasteiger partial charge is 0.225 e. The van der Waals surface area contributed by atoms with E-state index in [0.717, 1.165) is 25.8 Å². The maximum Gasteiger partial charge on any atom is 0.225 e. The van der Waals surface area contributed by atoms with E-state index in [4.69, 9.17) is 0 Å². The van der Waals surface area contributed by atoms with E-state index in [0.29, 0.717) is 5.92 Å². The topological polar surface area (TPSA) is 41.1 Å². The van der Waals surface area contributed by atoms with Crippen molar-refractivity contribution in [3.8, 4) is 0 Å². The molecular formula is C18H28N2O. The predicted octanol–water partition coefficient (Wildman–Crippen LogP) is 3.28. The number of rotatable bonds is 6. The highest BCUT2D eigenvalue weighted by Crippen LogP contribution is 2.28. The van der Waals surface area contributed by atoms with Gasteiger partial charge in [0, 0.05) is 6.04 Å². The molecule has 1 saturated heterocycles. The summed E-state index contributed by atoms with van der Waals surface area (Å²) in [4.78, 5) is 12.6. The molecule has 3 nitrogen and oxygen atoms in total. The second-order valence-electron chi connectivity index (χ2n) is 6.11. The van der Waals surface area contributed by atoms with Crippen LogP contribution in [0.4, 0.5) is 0 Å². The quantitative estimate of drug-likeness (QED) is 0.843. The SMILES string of the molecule is CCC(CC)C(NC(=O)C1CCNC1C)c1ccccc1. The molecule has 3 unspecified atom stereocenters. The van der Waals surface area contributed by atoms with Gasteiger partial charge in [-0.2, -0.15) is 0 Å². The lowest BCUT2D eigenvalue weighted by molar-refractivity contribution is -0.126. The molecular weight excluding hydrogens is 260 g/mol.